The molecule has 1 amide bonds. The summed E-state index contributed by atoms with van der Waals surface area (Å²) in [6.45, 7) is 3.00. The average Bonchev–Trinajstić information content (AvgIpc) is 3.09. The third-order valence-electron chi connectivity index (χ3n) is 4.62. The molecule has 0 saturated carbocycles. The Morgan fingerprint density at radius 3 is 2.57 bits per heavy atom. The van der Waals surface area contributed by atoms with Crippen LogP contribution in [0.5, 0.6) is 0 Å². The van der Waals surface area contributed by atoms with E-state index in [2.05, 4.69) is 35.2 Å². The van der Waals surface area contributed by atoms with E-state index in [1.807, 2.05) is 19.2 Å². The fraction of sp³-hybridized carbons (Fsp3) is 0.421. The lowest BCUT2D eigenvalue weighted by Gasteiger charge is -2.32. The summed E-state index contributed by atoms with van der Waals surface area (Å²) in [5.41, 5.74) is 1.42. The maximum Gasteiger partial charge on any atom is 0.236 e. The largest absolute Gasteiger partial charge is 0.467 e. The van der Waals surface area contributed by atoms with Crippen molar-refractivity contribution < 1.29 is 9.21 Å². The number of likely N-dealkylation sites (N-methyl/N-ethyl adjacent to an activating group) is 1. The molecule has 0 atom stereocenters. The molecule has 0 bridgehead atoms. The van der Waals surface area contributed by atoms with Gasteiger partial charge in [0.25, 0.3) is 0 Å². The van der Waals surface area contributed by atoms with Gasteiger partial charge in [-0.1, -0.05) is 30.3 Å². The topological polar surface area (TPSA) is 36.7 Å². The van der Waals surface area contributed by atoms with Crippen molar-refractivity contribution in [3.63, 3.8) is 0 Å². The third-order valence-corrected chi connectivity index (χ3v) is 4.62. The van der Waals surface area contributed by atoms with Crippen LogP contribution in [-0.4, -0.2) is 42.4 Å². The Kier molecular flexibility index (Phi) is 5.13. The average molecular weight is 312 g/mol. The van der Waals surface area contributed by atoms with E-state index >= 15 is 0 Å². The van der Waals surface area contributed by atoms with Gasteiger partial charge >= 0.3 is 0 Å². The lowest BCUT2D eigenvalue weighted by molar-refractivity contribution is -0.132. The minimum atomic E-state index is 0.152. The maximum atomic E-state index is 12.3. The van der Waals surface area contributed by atoms with Crippen LogP contribution < -0.4 is 0 Å². The molecular formula is C19H24N2O2. The van der Waals surface area contributed by atoms with Crippen molar-refractivity contribution in [2.45, 2.75) is 25.3 Å². The summed E-state index contributed by atoms with van der Waals surface area (Å²) in [6, 6.07) is 14.4. The smallest absolute Gasteiger partial charge is 0.236 e. The molecule has 2 aromatic rings. The monoisotopic (exact) mass is 312 g/mol. The van der Waals surface area contributed by atoms with Gasteiger partial charge in [0.1, 0.15) is 5.76 Å². The minimum Gasteiger partial charge on any atom is -0.467 e. The zero-order valence-corrected chi connectivity index (χ0v) is 13.6. The second kappa shape index (κ2) is 7.47. The fourth-order valence-corrected chi connectivity index (χ4v) is 3.19. The number of hydrogen-bond donors (Lipinski definition) is 0. The quantitative estimate of drug-likeness (QED) is 0.851. The molecule has 0 unspecified atom stereocenters. The second-order valence-electron chi connectivity index (χ2n) is 6.29. The number of amides is 1. The number of piperidine rings is 1. The molecule has 1 aliphatic heterocycles. The van der Waals surface area contributed by atoms with Crippen LogP contribution in [0.25, 0.3) is 0 Å². The van der Waals surface area contributed by atoms with Crippen molar-refractivity contribution in [1.29, 1.82) is 0 Å². The van der Waals surface area contributed by atoms with Crippen molar-refractivity contribution in [3.05, 3.63) is 60.1 Å². The standard InChI is InChI=1S/C19H24N2O2/c1-20(14-18-8-5-13-23-18)19(22)15-21-11-9-17(10-12-21)16-6-3-2-4-7-16/h2-8,13,17H,9-12,14-15H2,1H3. The van der Waals surface area contributed by atoms with E-state index < -0.39 is 0 Å². The molecule has 1 saturated heterocycles. The summed E-state index contributed by atoms with van der Waals surface area (Å²) in [4.78, 5) is 16.3. The van der Waals surface area contributed by atoms with Gasteiger partial charge in [-0.05, 0) is 49.5 Å². The van der Waals surface area contributed by atoms with Gasteiger partial charge in [-0.3, -0.25) is 9.69 Å². The van der Waals surface area contributed by atoms with Crippen LogP contribution >= 0.6 is 0 Å². The van der Waals surface area contributed by atoms with E-state index in [1.54, 1.807) is 11.2 Å². The number of benzene rings is 1. The Morgan fingerprint density at radius 2 is 1.91 bits per heavy atom. The molecule has 1 fully saturated rings. The molecule has 0 spiro atoms. The Morgan fingerprint density at radius 1 is 1.17 bits per heavy atom. The first kappa shape index (κ1) is 15.8. The van der Waals surface area contributed by atoms with E-state index in [1.165, 1.54) is 5.56 Å². The zero-order chi connectivity index (χ0) is 16.1. The number of furan rings is 1. The predicted octanol–water partition coefficient (Wildman–Crippen LogP) is 3.12. The van der Waals surface area contributed by atoms with Gasteiger partial charge in [0.2, 0.25) is 5.91 Å². The number of rotatable bonds is 5. The number of carbonyl (C=O) groups is 1. The Bertz CT molecular complexity index is 602. The lowest BCUT2D eigenvalue weighted by Crippen LogP contribution is -2.41. The van der Waals surface area contributed by atoms with Crippen LogP contribution in [0, 0.1) is 0 Å². The third kappa shape index (κ3) is 4.23. The maximum absolute atomic E-state index is 12.3. The Balaban J connectivity index is 1.46. The molecule has 4 heteroatoms. The van der Waals surface area contributed by atoms with Gasteiger partial charge in [-0.25, -0.2) is 0 Å². The highest BCUT2D eigenvalue weighted by Gasteiger charge is 2.23. The van der Waals surface area contributed by atoms with Crippen LogP contribution in [-0.2, 0) is 11.3 Å². The van der Waals surface area contributed by atoms with Crippen LogP contribution in [0.1, 0.15) is 30.1 Å². The first-order chi connectivity index (χ1) is 11.2. The first-order valence-electron chi connectivity index (χ1n) is 8.26. The Hall–Kier alpha value is -2.07. The molecule has 1 aromatic carbocycles. The van der Waals surface area contributed by atoms with E-state index in [0.29, 0.717) is 19.0 Å². The van der Waals surface area contributed by atoms with Gasteiger partial charge < -0.3 is 9.32 Å². The first-order valence-corrected chi connectivity index (χ1v) is 8.26. The van der Waals surface area contributed by atoms with Crippen LogP contribution in [0.15, 0.2) is 53.1 Å². The minimum absolute atomic E-state index is 0.152. The van der Waals surface area contributed by atoms with E-state index in [-0.39, 0.29) is 5.91 Å². The molecule has 0 radical (unpaired) electrons. The summed E-state index contributed by atoms with van der Waals surface area (Å²) >= 11 is 0. The van der Waals surface area contributed by atoms with E-state index in [9.17, 15) is 4.79 Å². The summed E-state index contributed by atoms with van der Waals surface area (Å²) in [5.74, 6) is 1.60. The number of carbonyl (C=O) groups excluding carboxylic acids is 1. The van der Waals surface area contributed by atoms with Gasteiger partial charge in [-0.15, -0.1) is 0 Å². The molecule has 23 heavy (non-hydrogen) atoms. The summed E-state index contributed by atoms with van der Waals surface area (Å²) < 4.78 is 5.30. The van der Waals surface area contributed by atoms with Crippen LogP contribution in [0.3, 0.4) is 0 Å². The number of hydrogen-bond acceptors (Lipinski definition) is 3. The molecule has 2 heterocycles. The lowest BCUT2D eigenvalue weighted by atomic mass is 9.89. The highest BCUT2D eigenvalue weighted by atomic mass is 16.3. The molecule has 0 N–H and O–H groups in total. The van der Waals surface area contributed by atoms with Crippen LogP contribution in [0.4, 0.5) is 0 Å². The van der Waals surface area contributed by atoms with Crippen molar-refractivity contribution in [2.24, 2.45) is 0 Å². The molecule has 122 valence electrons. The highest BCUT2D eigenvalue weighted by molar-refractivity contribution is 5.77. The van der Waals surface area contributed by atoms with Gasteiger partial charge in [0.15, 0.2) is 0 Å². The molecular weight excluding hydrogens is 288 g/mol. The van der Waals surface area contributed by atoms with Gasteiger partial charge in [0.05, 0.1) is 19.4 Å². The molecule has 4 nitrogen and oxygen atoms in total. The van der Waals surface area contributed by atoms with Crippen molar-refractivity contribution in [2.75, 3.05) is 26.7 Å². The van der Waals surface area contributed by atoms with E-state index in [0.717, 1.165) is 31.7 Å². The van der Waals surface area contributed by atoms with Crippen molar-refractivity contribution in [1.82, 2.24) is 9.80 Å². The summed E-state index contributed by atoms with van der Waals surface area (Å²) in [6.07, 6.45) is 3.89. The number of nitrogens with zero attached hydrogens (tertiary/aromatic N) is 2. The van der Waals surface area contributed by atoms with Gasteiger partial charge in [-0.2, -0.15) is 0 Å². The van der Waals surface area contributed by atoms with Crippen molar-refractivity contribution in [3.8, 4) is 0 Å². The molecule has 1 aliphatic rings. The van der Waals surface area contributed by atoms with Gasteiger partial charge in [0, 0.05) is 7.05 Å². The van der Waals surface area contributed by atoms with Crippen LogP contribution in [0.2, 0.25) is 0 Å². The second-order valence-corrected chi connectivity index (χ2v) is 6.29. The predicted molar refractivity (Wildman–Crippen MR) is 90.0 cm³/mol. The SMILES string of the molecule is CN(Cc1ccco1)C(=O)CN1CCC(c2ccccc2)CC1. The molecule has 1 aromatic heterocycles. The summed E-state index contributed by atoms with van der Waals surface area (Å²) in [7, 11) is 1.83. The Labute approximate surface area is 137 Å². The van der Waals surface area contributed by atoms with E-state index in [4.69, 9.17) is 4.42 Å². The fourth-order valence-electron chi connectivity index (χ4n) is 3.19. The zero-order valence-electron chi connectivity index (χ0n) is 13.6. The van der Waals surface area contributed by atoms with Crippen molar-refractivity contribution >= 4 is 5.91 Å². The molecule has 0 aliphatic carbocycles. The highest BCUT2D eigenvalue weighted by Crippen LogP contribution is 2.27. The normalized spacial score (nSPS) is 16.4. The summed E-state index contributed by atoms with van der Waals surface area (Å²) in [5, 5.41) is 0. The molecule has 3 rings (SSSR count). The number of likely N-dealkylation sites (tertiary alicyclic amines) is 1.